The summed E-state index contributed by atoms with van der Waals surface area (Å²) in [5, 5.41) is 33.4. The number of nitrogens with one attached hydrogen (secondary N) is 1. The molecule has 5 N–H and O–H groups in total. The van der Waals surface area contributed by atoms with Crippen LogP contribution in [-0.4, -0.2) is 38.9 Å². The van der Waals surface area contributed by atoms with E-state index in [0.29, 0.717) is 0 Å². The number of hydrogen-bond donors (Lipinski definition) is 4. The molecular weight excluding hydrogens is 356 g/mol. The van der Waals surface area contributed by atoms with Crippen molar-refractivity contribution >= 4 is 17.6 Å². The zero-order chi connectivity index (χ0) is 19.8. The number of aliphatic hydroxyl groups is 2. The molecule has 1 heterocycles. The molecule has 0 saturated heterocycles. The van der Waals surface area contributed by atoms with Crippen molar-refractivity contribution in [2.24, 2.45) is 0 Å². The van der Waals surface area contributed by atoms with Gasteiger partial charge < -0.3 is 26.0 Å². The van der Waals surface area contributed by atoms with Gasteiger partial charge in [0.2, 0.25) is 0 Å². The first-order valence-corrected chi connectivity index (χ1v) is 8.09. The number of pyridine rings is 1. The second-order valence-corrected chi connectivity index (χ2v) is 5.71. The SMILES string of the molecule is Nc1ncc([N+](=O)[O-])cc1C(O)C(O)CCNC(=O)OCc1ccccc1. The number of hydrogen-bond acceptors (Lipinski definition) is 8. The van der Waals surface area contributed by atoms with Crippen molar-refractivity contribution in [3.05, 3.63) is 63.8 Å². The van der Waals surface area contributed by atoms with Crippen molar-refractivity contribution in [2.45, 2.75) is 25.2 Å². The van der Waals surface area contributed by atoms with E-state index >= 15 is 0 Å². The van der Waals surface area contributed by atoms with Crippen LogP contribution in [0, 0.1) is 10.1 Å². The molecule has 0 aliphatic carbocycles. The van der Waals surface area contributed by atoms with Crippen molar-refractivity contribution in [2.75, 3.05) is 12.3 Å². The lowest BCUT2D eigenvalue weighted by molar-refractivity contribution is -0.385. The number of nitrogens with two attached hydrogens (primary N) is 1. The van der Waals surface area contributed by atoms with Crippen LogP contribution in [0.3, 0.4) is 0 Å². The largest absolute Gasteiger partial charge is 0.445 e. The lowest BCUT2D eigenvalue weighted by Crippen LogP contribution is -2.30. The number of nitro groups is 1. The highest BCUT2D eigenvalue weighted by atomic mass is 16.6. The molecule has 1 aromatic heterocycles. The van der Waals surface area contributed by atoms with Gasteiger partial charge in [0.05, 0.1) is 11.0 Å². The molecule has 0 saturated carbocycles. The minimum atomic E-state index is -1.49. The van der Waals surface area contributed by atoms with Crippen LogP contribution in [0.1, 0.15) is 23.7 Å². The van der Waals surface area contributed by atoms with Crippen molar-refractivity contribution in [3.63, 3.8) is 0 Å². The smallest absolute Gasteiger partial charge is 0.407 e. The van der Waals surface area contributed by atoms with Crippen molar-refractivity contribution < 1.29 is 24.7 Å². The molecule has 2 atom stereocenters. The Bertz CT molecular complexity index is 786. The Morgan fingerprint density at radius 3 is 2.70 bits per heavy atom. The third kappa shape index (κ3) is 5.90. The second kappa shape index (κ2) is 9.46. The highest BCUT2D eigenvalue weighted by molar-refractivity contribution is 5.67. The number of nitrogens with zero attached hydrogens (tertiary/aromatic N) is 2. The van der Waals surface area contributed by atoms with Gasteiger partial charge in [-0.15, -0.1) is 0 Å². The van der Waals surface area contributed by atoms with E-state index in [-0.39, 0.29) is 36.6 Å². The number of carbonyl (C=O) groups is 1. The molecule has 10 heteroatoms. The fourth-order valence-corrected chi connectivity index (χ4v) is 2.28. The fourth-order valence-electron chi connectivity index (χ4n) is 2.28. The predicted molar refractivity (Wildman–Crippen MR) is 95.5 cm³/mol. The van der Waals surface area contributed by atoms with Gasteiger partial charge in [-0.05, 0) is 12.0 Å². The second-order valence-electron chi connectivity index (χ2n) is 5.71. The summed E-state index contributed by atoms with van der Waals surface area (Å²) in [5.74, 6) is -0.123. The predicted octanol–water partition coefficient (Wildman–Crippen LogP) is 1.28. The molecule has 0 aliphatic heterocycles. The van der Waals surface area contributed by atoms with E-state index in [0.717, 1.165) is 17.8 Å². The molecule has 1 amide bonds. The molecule has 144 valence electrons. The van der Waals surface area contributed by atoms with Crippen molar-refractivity contribution in [3.8, 4) is 0 Å². The highest BCUT2D eigenvalue weighted by Gasteiger charge is 2.23. The molecule has 0 fully saturated rings. The normalized spacial score (nSPS) is 12.8. The van der Waals surface area contributed by atoms with E-state index in [9.17, 15) is 25.1 Å². The summed E-state index contributed by atoms with van der Waals surface area (Å²) in [6, 6.07) is 10.2. The number of alkyl carbamates (subject to hydrolysis) is 1. The van der Waals surface area contributed by atoms with E-state index in [2.05, 4.69) is 10.3 Å². The monoisotopic (exact) mass is 376 g/mol. The number of ether oxygens (including phenoxy) is 1. The van der Waals surface area contributed by atoms with Gasteiger partial charge in [0.1, 0.15) is 24.7 Å². The van der Waals surface area contributed by atoms with E-state index in [1.165, 1.54) is 0 Å². The van der Waals surface area contributed by atoms with Gasteiger partial charge >= 0.3 is 6.09 Å². The summed E-state index contributed by atoms with van der Waals surface area (Å²) < 4.78 is 5.02. The molecule has 10 nitrogen and oxygen atoms in total. The molecule has 2 aromatic rings. The van der Waals surface area contributed by atoms with Crippen LogP contribution in [0.25, 0.3) is 0 Å². The number of anilines is 1. The fraction of sp³-hybridized carbons (Fsp3) is 0.294. The van der Waals surface area contributed by atoms with Gasteiger partial charge in [-0.1, -0.05) is 30.3 Å². The van der Waals surface area contributed by atoms with E-state index in [1.807, 2.05) is 30.3 Å². The number of carbonyl (C=O) groups excluding carboxylic acids is 1. The van der Waals surface area contributed by atoms with Crippen molar-refractivity contribution in [1.29, 1.82) is 0 Å². The van der Waals surface area contributed by atoms with Gasteiger partial charge in [0, 0.05) is 18.2 Å². The van der Waals surface area contributed by atoms with Gasteiger partial charge in [-0.2, -0.15) is 0 Å². The number of rotatable bonds is 8. The Hall–Kier alpha value is -3.24. The van der Waals surface area contributed by atoms with E-state index in [1.54, 1.807) is 0 Å². The Kier molecular flexibility index (Phi) is 7.03. The van der Waals surface area contributed by atoms with Crippen LogP contribution >= 0.6 is 0 Å². The summed E-state index contributed by atoms with van der Waals surface area (Å²) in [7, 11) is 0. The Balaban J connectivity index is 1.81. The summed E-state index contributed by atoms with van der Waals surface area (Å²) in [5.41, 5.74) is 6.03. The lowest BCUT2D eigenvalue weighted by Gasteiger charge is -2.19. The van der Waals surface area contributed by atoms with Gasteiger partial charge in [0.15, 0.2) is 0 Å². The summed E-state index contributed by atoms with van der Waals surface area (Å²) >= 11 is 0. The zero-order valence-corrected chi connectivity index (χ0v) is 14.3. The number of amides is 1. The van der Waals surface area contributed by atoms with Crippen LogP contribution in [0.5, 0.6) is 0 Å². The van der Waals surface area contributed by atoms with E-state index < -0.39 is 23.2 Å². The average molecular weight is 376 g/mol. The Labute approximate surface area is 154 Å². The van der Waals surface area contributed by atoms with Crippen molar-refractivity contribution in [1.82, 2.24) is 10.3 Å². The summed E-state index contributed by atoms with van der Waals surface area (Å²) in [4.78, 5) is 25.4. The van der Waals surface area contributed by atoms with Gasteiger partial charge in [-0.3, -0.25) is 10.1 Å². The van der Waals surface area contributed by atoms with Gasteiger partial charge in [-0.25, -0.2) is 9.78 Å². The number of nitrogen functional groups attached to an aromatic ring is 1. The molecule has 0 spiro atoms. The maximum atomic E-state index is 11.6. The van der Waals surface area contributed by atoms with Crippen LogP contribution in [-0.2, 0) is 11.3 Å². The van der Waals surface area contributed by atoms with Crippen LogP contribution in [0.15, 0.2) is 42.6 Å². The van der Waals surface area contributed by atoms with Crippen LogP contribution in [0.4, 0.5) is 16.3 Å². The first kappa shape index (κ1) is 20.1. The molecule has 27 heavy (non-hydrogen) atoms. The standard InChI is InChI=1S/C17H20N4O6/c18-16-13(8-12(9-20-16)21(25)26)15(23)14(22)6-7-19-17(24)27-10-11-4-2-1-3-5-11/h1-5,8-9,14-15,22-23H,6-7,10H2,(H2,18,20)(H,19,24). The minimum Gasteiger partial charge on any atom is -0.445 e. The highest BCUT2D eigenvalue weighted by Crippen LogP contribution is 2.26. The van der Waals surface area contributed by atoms with Gasteiger partial charge in [0.25, 0.3) is 5.69 Å². The molecule has 2 unspecified atom stereocenters. The summed E-state index contributed by atoms with van der Waals surface area (Å²) in [6.07, 6.45) is -2.53. The molecule has 1 aromatic carbocycles. The molecule has 2 rings (SSSR count). The zero-order valence-electron chi connectivity index (χ0n) is 14.3. The first-order chi connectivity index (χ1) is 12.9. The average Bonchev–Trinajstić information content (AvgIpc) is 2.66. The first-order valence-electron chi connectivity index (χ1n) is 8.09. The lowest BCUT2D eigenvalue weighted by atomic mass is 10.0. The number of aromatic nitrogens is 1. The quantitative estimate of drug-likeness (QED) is 0.396. The maximum Gasteiger partial charge on any atom is 0.407 e. The minimum absolute atomic E-state index is 0.0219. The molecule has 0 aliphatic rings. The number of aliphatic hydroxyl groups excluding tert-OH is 2. The Morgan fingerprint density at radius 1 is 1.33 bits per heavy atom. The van der Waals surface area contributed by atoms with Crippen LogP contribution < -0.4 is 11.1 Å². The topological polar surface area (TPSA) is 161 Å². The molecular formula is C17H20N4O6. The van der Waals surface area contributed by atoms with E-state index in [4.69, 9.17) is 10.5 Å². The maximum absolute atomic E-state index is 11.6. The third-order valence-corrected chi connectivity index (χ3v) is 3.75. The summed E-state index contributed by atoms with van der Waals surface area (Å²) in [6.45, 7) is 0.127. The number of benzene rings is 1. The molecule has 0 bridgehead atoms. The Morgan fingerprint density at radius 2 is 2.04 bits per heavy atom. The third-order valence-electron chi connectivity index (χ3n) is 3.75. The molecule has 0 radical (unpaired) electrons. The van der Waals surface area contributed by atoms with Crippen LogP contribution in [0.2, 0.25) is 0 Å².